The van der Waals surface area contributed by atoms with Crippen molar-refractivity contribution in [3.8, 4) is 11.1 Å². The molecule has 35 heavy (non-hydrogen) atoms. The summed E-state index contributed by atoms with van der Waals surface area (Å²) >= 11 is 0. The van der Waals surface area contributed by atoms with E-state index in [1.165, 1.54) is 11.1 Å². The minimum atomic E-state index is -1.18. The highest BCUT2D eigenvalue weighted by Crippen LogP contribution is 2.44. The van der Waals surface area contributed by atoms with E-state index in [0.717, 1.165) is 24.0 Å². The second kappa shape index (κ2) is 10.5. The van der Waals surface area contributed by atoms with Crippen LogP contribution in [0.2, 0.25) is 0 Å². The topological polar surface area (TPSA) is 105 Å². The first-order valence-corrected chi connectivity index (χ1v) is 12.4. The molecule has 0 spiro atoms. The maximum atomic E-state index is 12.6. The smallest absolute Gasteiger partial charge is 0.407 e. The molecule has 1 fully saturated rings. The summed E-state index contributed by atoms with van der Waals surface area (Å²) in [4.78, 5) is 36.8. The number of benzene rings is 2. The quantitative estimate of drug-likeness (QED) is 0.510. The second-order valence-corrected chi connectivity index (χ2v) is 10.1. The number of nitrogens with one attached hydrogen (secondary N) is 2. The lowest BCUT2D eigenvalue weighted by atomic mass is 9.77. The molecule has 1 unspecified atom stereocenters. The van der Waals surface area contributed by atoms with Gasteiger partial charge in [0.05, 0.1) is 0 Å². The molecule has 2 aliphatic rings. The average molecular weight is 479 g/mol. The van der Waals surface area contributed by atoms with E-state index in [4.69, 9.17) is 4.74 Å². The van der Waals surface area contributed by atoms with Crippen LogP contribution in [-0.2, 0) is 14.3 Å². The number of hydrogen-bond donors (Lipinski definition) is 3. The van der Waals surface area contributed by atoms with Gasteiger partial charge in [0.15, 0.2) is 0 Å². The van der Waals surface area contributed by atoms with Crippen molar-refractivity contribution in [2.75, 3.05) is 13.2 Å². The highest BCUT2D eigenvalue weighted by molar-refractivity contribution is 5.87. The van der Waals surface area contributed by atoms with E-state index in [-0.39, 0.29) is 37.3 Å². The molecule has 0 saturated heterocycles. The summed E-state index contributed by atoms with van der Waals surface area (Å²) in [6, 6.07) is 16.3. The zero-order chi connectivity index (χ0) is 25.0. The van der Waals surface area contributed by atoms with Crippen LogP contribution in [0.1, 0.15) is 63.0 Å². The molecule has 1 saturated carbocycles. The third-order valence-electron chi connectivity index (χ3n) is 7.39. The average Bonchev–Trinajstić information content (AvgIpc) is 3.16. The molecule has 0 aliphatic heterocycles. The first-order chi connectivity index (χ1) is 16.8. The highest BCUT2D eigenvalue weighted by Gasteiger charge is 2.42. The molecule has 0 heterocycles. The number of carbonyl (C=O) groups excluding carboxylic acids is 2. The van der Waals surface area contributed by atoms with Gasteiger partial charge in [0, 0.05) is 18.9 Å². The lowest BCUT2D eigenvalue weighted by Gasteiger charge is -2.36. The zero-order valence-electron chi connectivity index (χ0n) is 20.4. The Balaban J connectivity index is 1.25. The number of carboxylic acids is 1. The Hall–Kier alpha value is -3.35. The van der Waals surface area contributed by atoms with Crippen molar-refractivity contribution in [1.29, 1.82) is 0 Å². The van der Waals surface area contributed by atoms with E-state index in [1.54, 1.807) is 0 Å². The molecular formula is C28H34N2O5. The van der Waals surface area contributed by atoms with Gasteiger partial charge in [-0.1, -0.05) is 62.4 Å². The first kappa shape index (κ1) is 24.8. The Kier molecular flexibility index (Phi) is 7.43. The highest BCUT2D eigenvalue weighted by atomic mass is 16.5. The molecule has 3 N–H and O–H groups in total. The molecule has 4 rings (SSSR count). The molecule has 2 amide bonds. The fourth-order valence-corrected chi connectivity index (χ4v) is 5.26. The predicted octanol–water partition coefficient (Wildman–Crippen LogP) is 4.70. The van der Waals surface area contributed by atoms with Crippen LogP contribution in [0, 0.1) is 11.8 Å². The fourth-order valence-electron chi connectivity index (χ4n) is 5.26. The van der Waals surface area contributed by atoms with Crippen molar-refractivity contribution < 1.29 is 24.2 Å². The van der Waals surface area contributed by atoms with Gasteiger partial charge in [0.2, 0.25) is 5.91 Å². The molecule has 0 radical (unpaired) electrons. The van der Waals surface area contributed by atoms with Gasteiger partial charge in [-0.15, -0.1) is 0 Å². The summed E-state index contributed by atoms with van der Waals surface area (Å²) < 4.78 is 5.55. The van der Waals surface area contributed by atoms with Crippen LogP contribution in [0.25, 0.3) is 11.1 Å². The monoisotopic (exact) mass is 478 g/mol. The van der Waals surface area contributed by atoms with E-state index in [0.29, 0.717) is 18.8 Å². The third kappa shape index (κ3) is 5.50. The van der Waals surface area contributed by atoms with E-state index in [9.17, 15) is 19.5 Å². The Bertz CT molecular complexity index is 1040. The van der Waals surface area contributed by atoms with Crippen molar-refractivity contribution in [3.63, 3.8) is 0 Å². The SMILES string of the molecule is CC1CCC(NC(=O)CC(C)CNC(=O)OCC2c3ccccc3-c3ccccc32)(C(=O)O)CC1. The molecule has 186 valence electrons. The molecule has 2 aromatic rings. The summed E-state index contributed by atoms with van der Waals surface area (Å²) in [6.07, 6.45) is 2.07. The van der Waals surface area contributed by atoms with Gasteiger partial charge in [-0.25, -0.2) is 9.59 Å². The van der Waals surface area contributed by atoms with Crippen LogP contribution in [0.15, 0.2) is 48.5 Å². The van der Waals surface area contributed by atoms with Gasteiger partial charge in [0.1, 0.15) is 12.1 Å². The van der Waals surface area contributed by atoms with Crippen molar-refractivity contribution in [2.24, 2.45) is 11.8 Å². The van der Waals surface area contributed by atoms with Crippen LogP contribution in [0.4, 0.5) is 4.79 Å². The lowest BCUT2D eigenvalue weighted by Crippen LogP contribution is -2.56. The Labute approximate surface area is 206 Å². The standard InChI is InChI=1S/C28H34N2O5/c1-18-11-13-28(14-12-18,26(32)33)30-25(31)15-19(2)16-29-27(34)35-17-24-22-9-5-3-7-20(22)21-8-4-6-10-23(21)24/h3-10,18-19,24H,11-17H2,1-2H3,(H,29,34)(H,30,31)(H,32,33). The number of fused-ring (bicyclic) bond motifs is 3. The van der Waals surface area contributed by atoms with Gasteiger partial charge in [-0.05, 0) is 59.8 Å². The van der Waals surface area contributed by atoms with Crippen molar-refractivity contribution in [1.82, 2.24) is 10.6 Å². The Morgan fingerprint density at radius 1 is 1.03 bits per heavy atom. The van der Waals surface area contributed by atoms with Gasteiger partial charge < -0.3 is 20.5 Å². The van der Waals surface area contributed by atoms with E-state index in [1.807, 2.05) is 31.2 Å². The van der Waals surface area contributed by atoms with Gasteiger partial charge in [0.25, 0.3) is 0 Å². The van der Waals surface area contributed by atoms with Crippen molar-refractivity contribution >= 4 is 18.0 Å². The van der Waals surface area contributed by atoms with E-state index in [2.05, 4.69) is 41.8 Å². The number of aliphatic carboxylic acids is 1. The number of carboxylic acid groups (broad SMARTS) is 1. The minimum Gasteiger partial charge on any atom is -0.480 e. The van der Waals surface area contributed by atoms with Crippen molar-refractivity contribution in [2.45, 2.75) is 57.4 Å². The third-order valence-corrected chi connectivity index (χ3v) is 7.39. The van der Waals surface area contributed by atoms with Crippen LogP contribution in [0.3, 0.4) is 0 Å². The largest absolute Gasteiger partial charge is 0.480 e. The number of amides is 2. The maximum absolute atomic E-state index is 12.6. The summed E-state index contributed by atoms with van der Waals surface area (Å²) in [7, 11) is 0. The second-order valence-electron chi connectivity index (χ2n) is 10.1. The van der Waals surface area contributed by atoms with Crippen molar-refractivity contribution in [3.05, 3.63) is 59.7 Å². The number of rotatable bonds is 8. The molecule has 0 bridgehead atoms. The van der Waals surface area contributed by atoms with E-state index < -0.39 is 17.6 Å². The molecule has 7 heteroatoms. The van der Waals surface area contributed by atoms with Crippen LogP contribution in [0.5, 0.6) is 0 Å². The summed E-state index contributed by atoms with van der Waals surface area (Å²) in [5.74, 6) is -0.976. The molecule has 0 aromatic heterocycles. The van der Waals surface area contributed by atoms with E-state index >= 15 is 0 Å². The molecule has 2 aliphatic carbocycles. The number of carbonyl (C=O) groups is 3. The molecular weight excluding hydrogens is 444 g/mol. The molecule has 2 aromatic carbocycles. The van der Waals surface area contributed by atoms with Crippen LogP contribution in [-0.4, -0.2) is 41.8 Å². The van der Waals surface area contributed by atoms with Gasteiger partial charge in [-0.2, -0.15) is 0 Å². The number of alkyl carbamates (subject to hydrolysis) is 1. The first-order valence-electron chi connectivity index (χ1n) is 12.4. The maximum Gasteiger partial charge on any atom is 0.407 e. The normalized spacial score (nSPS) is 21.9. The fraction of sp³-hybridized carbons (Fsp3) is 0.464. The molecule has 7 nitrogen and oxygen atoms in total. The van der Waals surface area contributed by atoms with Crippen LogP contribution < -0.4 is 10.6 Å². The Morgan fingerprint density at radius 2 is 1.60 bits per heavy atom. The Morgan fingerprint density at radius 3 is 2.17 bits per heavy atom. The summed E-state index contributed by atoms with van der Waals surface area (Å²) in [5.41, 5.74) is 3.46. The number of hydrogen-bond acceptors (Lipinski definition) is 4. The number of ether oxygens (including phenoxy) is 1. The minimum absolute atomic E-state index is 0.0122. The van der Waals surface area contributed by atoms with Gasteiger partial charge in [-0.3, -0.25) is 4.79 Å². The zero-order valence-corrected chi connectivity index (χ0v) is 20.4. The molecule has 1 atom stereocenters. The van der Waals surface area contributed by atoms with Crippen LogP contribution >= 0.6 is 0 Å². The summed E-state index contributed by atoms with van der Waals surface area (Å²) in [6.45, 7) is 4.44. The summed E-state index contributed by atoms with van der Waals surface area (Å²) in [5, 5.41) is 15.2. The van der Waals surface area contributed by atoms with Gasteiger partial charge >= 0.3 is 12.1 Å². The predicted molar refractivity (Wildman–Crippen MR) is 133 cm³/mol. The lowest BCUT2D eigenvalue weighted by molar-refractivity contribution is -0.149.